The molecule has 16 heavy (non-hydrogen) atoms. The predicted molar refractivity (Wildman–Crippen MR) is 51.7 cm³/mol. The van der Waals surface area contributed by atoms with Gasteiger partial charge in [0.2, 0.25) is 0 Å². The van der Waals surface area contributed by atoms with Gasteiger partial charge in [0.05, 0.1) is 16.8 Å². The largest absolute Gasteiger partial charge is 0.266 e. The molecule has 0 aromatic carbocycles. The van der Waals surface area contributed by atoms with Crippen LogP contribution >= 0.6 is 10.7 Å². The first-order valence-corrected chi connectivity index (χ1v) is 6.22. The van der Waals surface area contributed by atoms with Crippen LogP contribution in [0.4, 0.5) is 8.78 Å². The molecule has 4 nitrogen and oxygen atoms in total. The number of rotatable bonds is 2. The lowest BCUT2D eigenvalue weighted by Gasteiger charge is -2.09. The van der Waals surface area contributed by atoms with Gasteiger partial charge in [-0.25, -0.2) is 17.2 Å². The number of hydrogen-bond acceptors (Lipinski definition) is 4. The smallest absolute Gasteiger partial charge is 0.259 e. The fourth-order valence-electron chi connectivity index (χ4n) is 1.22. The van der Waals surface area contributed by atoms with Gasteiger partial charge in [0, 0.05) is 16.9 Å². The topological polar surface area (TPSA) is 70.8 Å². The highest BCUT2D eigenvalue weighted by Crippen LogP contribution is 2.32. The number of hydrogen-bond donors (Lipinski definition) is 0. The van der Waals surface area contributed by atoms with E-state index in [0.29, 0.717) is 0 Å². The number of nitrogens with zero attached hydrogens (tertiary/aromatic N) is 2. The Morgan fingerprint density at radius 2 is 2.12 bits per heavy atom. The van der Waals surface area contributed by atoms with Gasteiger partial charge < -0.3 is 0 Å². The monoisotopic (exact) mass is 266 g/mol. The Hall–Kier alpha value is -1.26. The number of aryl methyl sites for hydroxylation is 1. The quantitative estimate of drug-likeness (QED) is 0.769. The van der Waals surface area contributed by atoms with Crippen LogP contribution in [0.3, 0.4) is 0 Å². The molecule has 1 rings (SSSR count). The summed E-state index contributed by atoms with van der Waals surface area (Å²) in [6.07, 6.45) is -2.22. The minimum absolute atomic E-state index is 0.163. The number of nitriles is 1. The molecule has 1 aromatic rings. The van der Waals surface area contributed by atoms with Crippen LogP contribution in [0.25, 0.3) is 0 Å². The first kappa shape index (κ1) is 12.8. The van der Waals surface area contributed by atoms with E-state index in [2.05, 4.69) is 4.98 Å². The van der Waals surface area contributed by atoms with Crippen molar-refractivity contribution in [1.29, 1.82) is 5.26 Å². The second kappa shape index (κ2) is 4.31. The van der Waals surface area contributed by atoms with Crippen molar-refractivity contribution in [3.05, 3.63) is 23.0 Å². The van der Waals surface area contributed by atoms with Gasteiger partial charge in [0.25, 0.3) is 15.5 Å². The maximum Gasteiger partial charge on any atom is 0.266 e. The summed E-state index contributed by atoms with van der Waals surface area (Å²) in [5, 5.41) is 8.59. The van der Waals surface area contributed by atoms with Crippen LogP contribution < -0.4 is 0 Å². The van der Waals surface area contributed by atoms with Crippen molar-refractivity contribution in [2.75, 3.05) is 0 Å². The number of alkyl halides is 2. The van der Waals surface area contributed by atoms with E-state index in [0.717, 1.165) is 6.20 Å². The van der Waals surface area contributed by atoms with Crippen molar-refractivity contribution in [1.82, 2.24) is 4.98 Å². The second-order valence-corrected chi connectivity index (χ2v) is 5.35. The summed E-state index contributed by atoms with van der Waals surface area (Å²) < 4.78 is 47.6. The predicted octanol–water partition coefficient (Wildman–Crippen LogP) is 2.13. The average molecular weight is 267 g/mol. The highest BCUT2D eigenvalue weighted by molar-refractivity contribution is 8.13. The van der Waals surface area contributed by atoms with Gasteiger partial charge in [-0.05, 0) is 6.92 Å². The van der Waals surface area contributed by atoms with Crippen molar-refractivity contribution in [3.63, 3.8) is 0 Å². The molecule has 0 saturated carbocycles. The maximum absolute atomic E-state index is 12.7. The molecule has 0 N–H and O–H groups in total. The maximum atomic E-state index is 12.7. The van der Waals surface area contributed by atoms with Crippen LogP contribution in [0.5, 0.6) is 0 Å². The molecule has 0 fully saturated rings. The minimum Gasteiger partial charge on any atom is -0.259 e. The van der Waals surface area contributed by atoms with Crippen LogP contribution in [-0.4, -0.2) is 13.4 Å². The van der Waals surface area contributed by atoms with E-state index in [1.165, 1.54) is 13.0 Å². The third kappa shape index (κ3) is 2.28. The zero-order valence-electron chi connectivity index (χ0n) is 7.91. The summed E-state index contributed by atoms with van der Waals surface area (Å²) in [6, 6.07) is 1.45. The van der Waals surface area contributed by atoms with Crippen LogP contribution in [-0.2, 0) is 9.05 Å². The van der Waals surface area contributed by atoms with Gasteiger partial charge in [-0.15, -0.1) is 0 Å². The molecule has 0 unspecified atom stereocenters. The molecule has 0 saturated heterocycles. The van der Waals surface area contributed by atoms with Gasteiger partial charge in [0.1, 0.15) is 11.0 Å². The molecule has 0 aliphatic heterocycles. The lowest BCUT2D eigenvalue weighted by molar-refractivity contribution is 0.147. The van der Waals surface area contributed by atoms with Gasteiger partial charge in [-0.2, -0.15) is 5.26 Å². The molecule has 0 aliphatic rings. The highest BCUT2D eigenvalue weighted by atomic mass is 35.7. The van der Waals surface area contributed by atoms with Crippen molar-refractivity contribution < 1.29 is 17.2 Å². The van der Waals surface area contributed by atoms with Crippen molar-refractivity contribution in [2.45, 2.75) is 18.2 Å². The zero-order valence-corrected chi connectivity index (χ0v) is 9.48. The number of halogens is 3. The van der Waals surface area contributed by atoms with Crippen molar-refractivity contribution in [2.24, 2.45) is 0 Å². The van der Waals surface area contributed by atoms with Crippen molar-refractivity contribution in [3.8, 4) is 6.07 Å². The van der Waals surface area contributed by atoms with Gasteiger partial charge >= 0.3 is 0 Å². The summed E-state index contributed by atoms with van der Waals surface area (Å²) in [5.41, 5.74) is -1.56. The first-order valence-electron chi connectivity index (χ1n) is 3.91. The van der Waals surface area contributed by atoms with E-state index in [-0.39, 0.29) is 5.69 Å². The van der Waals surface area contributed by atoms with Crippen LogP contribution in [0.2, 0.25) is 0 Å². The standard InChI is InChI=1S/C8H5ClF2N2O2S/c1-4-7(16(9,14)15)6(8(10)11)5(2-12)3-13-4/h3,8H,1H3. The Labute approximate surface area is 94.9 Å². The summed E-state index contributed by atoms with van der Waals surface area (Å²) in [5.74, 6) is 0. The Balaban J connectivity index is 3.78. The van der Waals surface area contributed by atoms with E-state index in [1.807, 2.05) is 0 Å². The Bertz CT molecular complexity index is 566. The molecule has 86 valence electrons. The third-order valence-corrected chi connectivity index (χ3v) is 3.30. The third-order valence-electron chi connectivity index (χ3n) is 1.83. The molecule has 0 radical (unpaired) electrons. The number of pyridine rings is 1. The van der Waals surface area contributed by atoms with Crippen LogP contribution in [0, 0.1) is 18.3 Å². The Morgan fingerprint density at radius 3 is 2.50 bits per heavy atom. The van der Waals surface area contributed by atoms with Crippen molar-refractivity contribution >= 4 is 19.7 Å². The summed E-state index contributed by atoms with van der Waals surface area (Å²) >= 11 is 0. The van der Waals surface area contributed by atoms with E-state index in [1.54, 1.807) is 0 Å². The Morgan fingerprint density at radius 1 is 1.56 bits per heavy atom. The van der Waals surface area contributed by atoms with E-state index in [9.17, 15) is 17.2 Å². The Kier molecular flexibility index (Phi) is 3.45. The average Bonchev–Trinajstić information content (AvgIpc) is 2.15. The SMILES string of the molecule is Cc1ncc(C#N)c(C(F)F)c1S(=O)(=O)Cl. The normalized spacial score (nSPS) is 11.5. The molecule has 0 spiro atoms. The fourth-order valence-corrected chi connectivity index (χ4v) is 2.67. The molecule has 8 heteroatoms. The molecule has 0 atom stereocenters. The minimum atomic E-state index is -4.36. The number of aromatic nitrogens is 1. The zero-order chi connectivity index (χ0) is 12.5. The molecular weight excluding hydrogens is 262 g/mol. The van der Waals surface area contributed by atoms with E-state index in [4.69, 9.17) is 15.9 Å². The summed E-state index contributed by atoms with van der Waals surface area (Å²) in [6.45, 7) is 1.22. The molecule has 0 amide bonds. The van der Waals surface area contributed by atoms with Gasteiger partial charge in [-0.3, -0.25) is 4.98 Å². The lowest BCUT2D eigenvalue weighted by atomic mass is 10.1. The van der Waals surface area contributed by atoms with Gasteiger partial charge in [-0.1, -0.05) is 0 Å². The summed E-state index contributed by atoms with van der Waals surface area (Å²) in [7, 11) is 0.668. The molecule has 1 aromatic heterocycles. The molecular formula is C8H5ClF2N2O2S. The molecule has 1 heterocycles. The van der Waals surface area contributed by atoms with E-state index < -0.39 is 31.5 Å². The van der Waals surface area contributed by atoms with Crippen LogP contribution in [0.1, 0.15) is 23.2 Å². The lowest BCUT2D eigenvalue weighted by Crippen LogP contribution is -2.06. The highest BCUT2D eigenvalue weighted by Gasteiger charge is 2.28. The molecule has 0 bridgehead atoms. The first-order chi connectivity index (χ1) is 7.29. The second-order valence-electron chi connectivity index (χ2n) is 2.85. The van der Waals surface area contributed by atoms with Gasteiger partial charge in [0.15, 0.2) is 0 Å². The van der Waals surface area contributed by atoms with E-state index >= 15 is 0 Å². The fraction of sp³-hybridized carbons (Fsp3) is 0.250. The summed E-state index contributed by atoms with van der Waals surface area (Å²) in [4.78, 5) is 2.75. The van der Waals surface area contributed by atoms with Crippen LogP contribution in [0.15, 0.2) is 11.1 Å². The molecule has 0 aliphatic carbocycles.